The van der Waals surface area contributed by atoms with Crippen LogP contribution in [0, 0.1) is 0 Å². The zero-order valence-corrected chi connectivity index (χ0v) is 36.4. The Hall–Kier alpha value is -8.20. The highest BCUT2D eigenvalue weighted by molar-refractivity contribution is 5.98. The van der Waals surface area contributed by atoms with Gasteiger partial charge in [0.1, 0.15) is 11.5 Å². The molecule has 10 aromatic carbocycles. The number of benzene rings is 10. The Bertz CT molecular complexity index is 3390. The van der Waals surface area contributed by atoms with Gasteiger partial charge in [0.2, 0.25) is 0 Å². The highest BCUT2D eigenvalue weighted by Gasteiger charge is 2.36. The Morgan fingerprint density at radius 1 is 0.292 bits per heavy atom. The van der Waals surface area contributed by atoms with Crippen molar-refractivity contribution in [3.63, 3.8) is 0 Å². The van der Waals surface area contributed by atoms with Crippen molar-refractivity contribution in [1.82, 2.24) is 0 Å². The lowest BCUT2D eigenvalue weighted by atomic mass is 9.82. The second-order valence-corrected chi connectivity index (χ2v) is 17.7. The van der Waals surface area contributed by atoms with Gasteiger partial charge in [-0.05, 0) is 132 Å². The molecule has 12 rings (SSSR count). The highest BCUT2D eigenvalue weighted by atomic mass is 16.5. The van der Waals surface area contributed by atoms with Gasteiger partial charge in [-0.3, -0.25) is 0 Å². The van der Waals surface area contributed by atoms with Crippen molar-refractivity contribution in [2.24, 2.45) is 0 Å². The lowest BCUT2D eigenvalue weighted by Gasteiger charge is -2.28. The van der Waals surface area contributed by atoms with Gasteiger partial charge >= 0.3 is 0 Å². The minimum absolute atomic E-state index is 0.101. The summed E-state index contributed by atoms with van der Waals surface area (Å²) < 4.78 is 6.76. The molecule has 308 valence electrons. The molecule has 0 unspecified atom stereocenters. The van der Waals surface area contributed by atoms with Crippen LogP contribution in [0.1, 0.15) is 25.0 Å². The van der Waals surface area contributed by atoms with E-state index in [-0.39, 0.29) is 5.41 Å². The standard InChI is InChI=1S/C63H45NO/c1-63(2)58-22-12-11-19-54(58)55-38-37-51(41-59(55)63)64(49-33-28-44(29-34-49)42-14-5-3-6-15-42)50-35-30-45(31-36-50)43-24-26-46(27-25-43)48-32-39-60-57(40-48)53-18-9-10-20-56(53)62-52(21-13-23-61(62)65-60)47-16-7-4-8-17-47/h3-41H,1-2H3. The Morgan fingerprint density at radius 2 is 0.769 bits per heavy atom. The van der Waals surface area contributed by atoms with Gasteiger partial charge in [0.25, 0.3) is 0 Å². The molecule has 0 saturated carbocycles. The molecule has 2 heteroatoms. The smallest absolute Gasteiger partial charge is 0.135 e. The zero-order chi connectivity index (χ0) is 43.5. The van der Waals surface area contributed by atoms with E-state index in [1.165, 1.54) is 55.6 Å². The number of fused-ring (bicyclic) bond motifs is 8. The number of anilines is 3. The first-order valence-corrected chi connectivity index (χ1v) is 22.5. The summed E-state index contributed by atoms with van der Waals surface area (Å²) in [6.07, 6.45) is 0. The molecule has 1 aliphatic heterocycles. The molecule has 0 fully saturated rings. The largest absolute Gasteiger partial charge is 0.456 e. The molecule has 0 atom stereocenters. The lowest BCUT2D eigenvalue weighted by molar-refractivity contribution is 0.488. The van der Waals surface area contributed by atoms with Crippen molar-refractivity contribution in [2.75, 3.05) is 4.90 Å². The maximum absolute atomic E-state index is 6.76. The molecule has 2 nitrogen and oxygen atoms in total. The summed E-state index contributed by atoms with van der Waals surface area (Å²) >= 11 is 0. The van der Waals surface area contributed by atoms with Gasteiger partial charge in [0.05, 0.1) is 0 Å². The third kappa shape index (κ3) is 6.65. The molecule has 0 radical (unpaired) electrons. The van der Waals surface area contributed by atoms with E-state index in [0.29, 0.717) is 0 Å². The number of hydrogen-bond donors (Lipinski definition) is 0. The van der Waals surface area contributed by atoms with Crippen molar-refractivity contribution in [3.05, 3.63) is 248 Å². The minimum atomic E-state index is -0.101. The van der Waals surface area contributed by atoms with Gasteiger partial charge in [-0.2, -0.15) is 0 Å². The van der Waals surface area contributed by atoms with Gasteiger partial charge in [-0.15, -0.1) is 0 Å². The molecule has 10 aromatic rings. The van der Waals surface area contributed by atoms with Crippen LogP contribution in [0.15, 0.2) is 237 Å². The number of ether oxygens (including phenoxy) is 1. The van der Waals surface area contributed by atoms with Crippen LogP contribution in [-0.4, -0.2) is 0 Å². The van der Waals surface area contributed by atoms with E-state index in [0.717, 1.165) is 61.9 Å². The average Bonchev–Trinajstić information content (AvgIpc) is 3.49. The molecular weight excluding hydrogens is 787 g/mol. The molecule has 0 amide bonds. The van der Waals surface area contributed by atoms with Crippen LogP contribution in [0.2, 0.25) is 0 Å². The van der Waals surface area contributed by atoms with Crippen molar-refractivity contribution >= 4 is 17.1 Å². The monoisotopic (exact) mass is 831 g/mol. The van der Waals surface area contributed by atoms with Crippen molar-refractivity contribution < 1.29 is 4.74 Å². The first-order chi connectivity index (χ1) is 32.0. The van der Waals surface area contributed by atoms with E-state index >= 15 is 0 Å². The van der Waals surface area contributed by atoms with Crippen LogP contribution in [0.5, 0.6) is 11.5 Å². The molecule has 1 heterocycles. The van der Waals surface area contributed by atoms with Crippen LogP contribution in [0.3, 0.4) is 0 Å². The first kappa shape index (κ1) is 38.5. The number of hydrogen-bond acceptors (Lipinski definition) is 2. The van der Waals surface area contributed by atoms with E-state index < -0.39 is 0 Å². The van der Waals surface area contributed by atoms with Crippen LogP contribution >= 0.6 is 0 Å². The van der Waals surface area contributed by atoms with E-state index in [1.807, 2.05) is 0 Å². The summed E-state index contributed by atoms with van der Waals surface area (Å²) in [5, 5.41) is 0. The van der Waals surface area contributed by atoms with Crippen LogP contribution in [0.4, 0.5) is 17.1 Å². The molecule has 0 spiro atoms. The maximum atomic E-state index is 6.76. The minimum Gasteiger partial charge on any atom is -0.456 e. The van der Waals surface area contributed by atoms with Crippen molar-refractivity contribution in [1.29, 1.82) is 0 Å². The molecule has 65 heavy (non-hydrogen) atoms. The molecule has 0 aromatic heterocycles. The third-order valence-electron chi connectivity index (χ3n) is 13.5. The van der Waals surface area contributed by atoms with Gasteiger partial charge < -0.3 is 9.64 Å². The number of nitrogens with zero attached hydrogens (tertiary/aromatic N) is 1. The van der Waals surface area contributed by atoms with Crippen molar-refractivity contribution in [2.45, 2.75) is 19.3 Å². The summed E-state index contributed by atoms with van der Waals surface area (Å²) in [4.78, 5) is 2.39. The maximum Gasteiger partial charge on any atom is 0.135 e. The summed E-state index contributed by atoms with van der Waals surface area (Å²) in [6, 6.07) is 85.6. The van der Waals surface area contributed by atoms with E-state index in [2.05, 4.69) is 255 Å². The van der Waals surface area contributed by atoms with Gasteiger partial charge in [-0.25, -0.2) is 0 Å². The third-order valence-corrected chi connectivity index (χ3v) is 13.5. The van der Waals surface area contributed by atoms with Gasteiger partial charge in [0, 0.05) is 33.6 Å². The molecule has 1 aliphatic carbocycles. The normalized spacial score (nSPS) is 12.7. The fraction of sp³-hybridized carbons (Fsp3) is 0.0476. The molecular formula is C63H45NO. The van der Waals surface area contributed by atoms with Crippen LogP contribution in [0.25, 0.3) is 77.9 Å². The molecule has 0 saturated heterocycles. The van der Waals surface area contributed by atoms with Crippen molar-refractivity contribution in [3.8, 4) is 89.4 Å². The summed E-state index contributed by atoms with van der Waals surface area (Å²) in [7, 11) is 0. The van der Waals surface area contributed by atoms with Gasteiger partial charge in [0.15, 0.2) is 0 Å². The van der Waals surface area contributed by atoms with E-state index in [9.17, 15) is 0 Å². The van der Waals surface area contributed by atoms with Crippen LogP contribution in [-0.2, 0) is 5.41 Å². The quantitative estimate of drug-likeness (QED) is 0.159. The van der Waals surface area contributed by atoms with Gasteiger partial charge in [-0.1, -0.05) is 196 Å². The molecule has 0 N–H and O–H groups in total. The average molecular weight is 832 g/mol. The first-order valence-electron chi connectivity index (χ1n) is 22.5. The van der Waals surface area contributed by atoms with Crippen LogP contribution < -0.4 is 9.64 Å². The summed E-state index contributed by atoms with van der Waals surface area (Å²) in [5.74, 6) is 1.73. The Morgan fingerprint density at radius 3 is 1.43 bits per heavy atom. The SMILES string of the molecule is CC1(C)c2ccccc2-c2ccc(N(c3ccc(-c4ccccc4)cc3)c3ccc(-c4ccc(-c5ccc6c(c5)-c5ccccc5-c5c(cccc5-c5ccccc5)O6)cc4)cc3)cc21. The van der Waals surface area contributed by atoms with E-state index in [1.54, 1.807) is 0 Å². The highest BCUT2D eigenvalue weighted by Crippen LogP contribution is 2.52. The molecule has 2 aliphatic rings. The Kier molecular flexibility index (Phi) is 9.21. The Balaban J connectivity index is 0.868. The summed E-state index contributed by atoms with van der Waals surface area (Å²) in [5.41, 5.74) is 22.6. The summed E-state index contributed by atoms with van der Waals surface area (Å²) in [6.45, 7) is 4.70. The topological polar surface area (TPSA) is 12.5 Å². The predicted molar refractivity (Wildman–Crippen MR) is 271 cm³/mol. The Labute approximate surface area is 381 Å². The second-order valence-electron chi connectivity index (χ2n) is 17.7. The number of rotatable bonds is 7. The fourth-order valence-corrected chi connectivity index (χ4v) is 10.2. The predicted octanol–water partition coefficient (Wildman–Crippen LogP) is 17.6. The second kappa shape index (κ2) is 15.6. The fourth-order valence-electron chi connectivity index (χ4n) is 10.2. The molecule has 0 bridgehead atoms. The lowest BCUT2D eigenvalue weighted by Crippen LogP contribution is -2.16. The zero-order valence-electron chi connectivity index (χ0n) is 36.4. The van der Waals surface area contributed by atoms with E-state index in [4.69, 9.17) is 4.74 Å².